The first kappa shape index (κ1) is 12.0. The predicted molar refractivity (Wildman–Crippen MR) is 57.1 cm³/mol. The van der Waals surface area contributed by atoms with Crippen LogP contribution in [-0.2, 0) is 4.79 Å². The van der Waals surface area contributed by atoms with E-state index in [0.717, 1.165) is 0 Å². The number of carbonyl (C=O) groups excluding carboxylic acids is 2. The number of rotatable bonds is 3. The fourth-order valence-electron chi connectivity index (χ4n) is 1.55. The number of nitrogens with two attached hydrogens (primary N) is 1. The van der Waals surface area contributed by atoms with Gasteiger partial charge in [0.15, 0.2) is 0 Å². The molecule has 86 valence electrons. The normalized spacial score (nSPS) is 22.5. The van der Waals surface area contributed by atoms with E-state index in [1.807, 2.05) is 13.8 Å². The largest absolute Gasteiger partial charge is 0.326 e. The maximum atomic E-state index is 11.8. The maximum absolute atomic E-state index is 11.8. The van der Waals surface area contributed by atoms with Gasteiger partial charge < -0.3 is 11.1 Å². The van der Waals surface area contributed by atoms with Crippen molar-refractivity contribution in [3.05, 3.63) is 0 Å². The van der Waals surface area contributed by atoms with Crippen LogP contribution >= 0.6 is 0 Å². The highest BCUT2D eigenvalue weighted by molar-refractivity contribution is 6.04. The van der Waals surface area contributed by atoms with Gasteiger partial charge in [0.2, 0.25) is 0 Å². The first-order valence-corrected chi connectivity index (χ1v) is 5.13. The van der Waals surface area contributed by atoms with E-state index >= 15 is 0 Å². The Bertz CT molecular complexity index is 281. The molecular weight excluding hydrogens is 194 g/mol. The minimum atomic E-state index is -0.557. The fourth-order valence-corrected chi connectivity index (χ4v) is 1.55. The van der Waals surface area contributed by atoms with E-state index < -0.39 is 11.6 Å². The zero-order valence-electron chi connectivity index (χ0n) is 9.70. The minimum Gasteiger partial charge on any atom is -0.326 e. The smallest absolute Gasteiger partial charge is 0.324 e. The van der Waals surface area contributed by atoms with Gasteiger partial charge in [0.25, 0.3) is 5.91 Å². The van der Waals surface area contributed by atoms with E-state index in [2.05, 4.69) is 5.32 Å². The molecule has 0 spiro atoms. The summed E-state index contributed by atoms with van der Waals surface area (Å²) in [5, 5.41) is 2.66. The van der Waals surface area contributed by atoms with Crippen molar-refractivity contribution >= 4 is 11.9 Å². The number of nitrogens with zero attached hydrogens (tertiary/aromatic N) is 1. The first-order chi connectivity index (χ1) is 6.72. The predicted octanol–water partition coefficient (Wildman–Crippen LogP) is 0.300. The summed E-state index contributed by atoms with van der Waals surface area (Å²) in [7, 11) is 0. The van der Waals surface area contributed by atoms with Crippen LogP contribution in [0, 0.1) is 5.92 Å². The number of nitrogens with one attached hydrogen (secondary N) is 1. The van der Waals surface area contributed by atoms with Crippen LogP contribution in [0.15, 0.2) is 0 Å². The van der Waals surface area contributed by atoms with Gasteiger partial charge in [-0.2, -0.15) is 0 Å². The van der Waals surface area contributed by atoms with Gasteiger partial charge in [-0.1, -0.05) is 13.8 Å². The number of hydrogen-bond acceptors (Lipinski definition) is 3. The Balaban J connectivity index is 2.76. The van der Waals surface area contributed by atoms with Gasteiger partial charge in [0.1, 0.15) is 6.04 Å². The van der Waals surface area contributed by atoms with E-state index in [1.165, 1.54) is 4.90 Å². The third-order valence-corrected chi connectivity index (χ3v) is 2.29. The summed E-state index contributed by atoms with van der Waals surface area (Å²) >= 11 is 0. The lowest BCUT2D eigenvalue weighted by Crippen LogP contribution is -2.48. The summed E-state index contributed by atoms with van der Waals surface area (Å²) in [5.74, 6) is -0.0686. The molecule has 0 radical (unpaired) electrons. The van der Waals surface area contributed by atoms with Gasteiger partial charge >= 0.3 is 6.03 Å². The standard InChI is InChI=1S/C10H19N3O2/c1-6(2)7-8(14)13(9(15)12-7)5-10(3,4)11/h6-7H,5,11H2,1-4H3,(H,12,15). The molecule has 1 rings (SSSR count). The lowest BCUT2D eigenvalue weighted by Gasteiger charge is -2.24. The molecule has 1 aliphatic rings. The topological polar surface area (TPSA) is 75.4 Å². The zero-order chi connectivity index (χ0) is 11.8. The summed E-state index contributed by atoms with van der Waals surface area (Å²) in [6.07, 6.45) is 0. The van der Waals surface area contributed by atoms with E-state index in [4.69, 9.17) is 5.73 Å². The van der Waals surface area contributed by atoms with Crippen LogP contribution in [0.4, 0.5) is 4.79 Å². The Kier molecular flexibility index (Phi) is 3.04. The lowest BCUT2D eigenvalue weighted by molar-refractivity contribution is -0.128. The first-order valence-electron chi connectivity index (χ1n) is 5.13. The van der Waals surface area contributed by atoms with Crippen molar-refractivity contribution in [2.24, 2.45) is 11.7 Å². The van der Waals surface area contributed by atoms with Crippen molar-refractivity contribution in [2.45, 2.75) is 39.3 Å². The molecule has 0 aromatic heterocycles. The van der Waals surface area contributed by atoms with Gasteiger partial charge in [-0.05, 0) is 19.8 Å². The Morgan fingerprint density at radius 3 is 2.33 bits per heavy atom. The van der Waals surface area contributed by atoms with Crippen molar-refractivity contribution in [2.75, 3.05) is 6.54 Å². The maximum Gasteiger partial charge on any atom is 0.324 e. The van der Waals surface area contributed by atoms with Crippen molar-refractivity contribution in [3.63, 3.8) is 0 Å². The molecular formula is C10H19N3O2. The third kappa shape index (κ3) is 2.68. The molecule has 3 N–H and O–H groups in total. The molecule has 1 fully saturated rings. The molecule has 0 saturated carbocycles. The summed E-state index contributed by atoms with van der Waals surface area (Å²) in [5.41, 5.74) is 5.23. The monoisotopic (exact) mass is 213 g/mol. The Morgan fingerprint density at radius 2 is 2.00 bits per heavy atom. The van der Waals surface area contributed by atoms with Gasteiger partial charge in [-0.15, -0.1) is 0 Å². The Morgan fingerprint density at radius 1 is 1.47 bits per heavy atom. The van der Waals surface area contributed by atoms with Crippen molar-refractivity contribution in [3.8, 4) is 0 Å². The molecule has 5 nitrogen and oxygen atoms in total. The van der Waals surface area contributed by atoms with Gasteiger partial charge in [0.05, 0.1) is 0 Å². The van der Waals surface area contributed by atoms with Crippen LogP contribution in [0.3, 0.4) is 0 Å². The fraction of sp³-hybridized carbons (Fsp3) is 0.800. The summed E-state index contributed by atoms with van der Waals surface area (Å²) < 4.78 is 0. The highest BCUT2D eigenvalue weighted by Gasteiger charge is 2.40. The second-order valence-electron chi connectivity index (χ2n) is 5.08. The Labute approximate surface area is 90.0 Å². The van der Waals surface area contributed by atoms with E-state index in [1.54, 1.807) is 13.8 Å². The third-order valence-electron chi connectivity index (χ3n) is 2.29. The summed E-state index contributed by atoms with van der Waals surface area (Å²) in [6.45, 7) is 7.63. The van der Waals surface area contributed by atoms with Crippen LogP contribution < -0.4 is 11.1 Å². The Hall–Kier alpha value is -1.10. The van der Waals surface area contributed by atoms with Crippen LogP contribution in [0.1, 0.15) is 27.7 Å². The van der Waals surface area contributed by atoms with Crippen molar-refractivity contribution < 1.29 is 9.59 Å². The number of hydrogen-bond donors (Lipinski definition) is 2. The highest BCUT2D eigenvalue weighted by Crippen LogP contribution is 2.15. The molecule has 0 bridgehead atoms. The van der Waals surface area contributed by atoms with Crippen LogP contribution in [0.5, 0.6) is 0 Å². The van der Waals surface area contributed by atoms with E-state index in [-0.39, 0.29) is 24.4 Å². The zero-order valence-corrected chi connectivity index (χ0v) is 9.70. The molecule has 1 heterocycles. The number of urea groups is 1. The molecule has 1 unspecified atom stereocenters. The van der Waals surface area contributed by atoms with Gasteiger partial charge in [-0.25, -0.2) is 4.79 Å². The minimum absolute atomic E-state index is 0.104. The molecule has 0 aromatic rings. The summed E-state index contributed by atoms with van der Waals surface area (Å²) in [6, 6.07) is -0.739. The van der Waals surface area contributed by atoms with E-state index in [0.29, 0.717) is 0 Å². The molecule has 1 saturated heterocycles. The molecule has 1 aliphatic heterocycles. The second kappa shape index (κ2) is 3.81. The molecule has 5 heteroatoms. The SMILES string of the molecule is CC(C)C1NC(=O)N(CC(C)(C)N)C1=O. The van der Waals surface area contributed by atoms with Crippen molar-refractivity contribution in [1.29, 1.82) is 0 Å². The van der Waals surface area contributed by atoms with Crippen LogP contribution in [-0.4, -0.2) is 35.0 Å². The second-order valence-corrected chi connectivity index (χ2v) is 5.08. The van der Waals surface area contributed by atoms with E-state index in [9.17, 15) is 9.59 Å². The van der Waals surface area contributed by atoms with Gasteiger partial charge in [0, 0.05) is 12.1 Å². The van der Waals surface area contributed by atoms with Crippen molar-refractivity contribution in [1.82, 2.24) is 10.2 Å². The molecule has 0 aromatic carbocycles. The average Bonchev–Trinajstić information content (AvgIpc) is 2.29. The summed E-state index contributed by atoms with van der Waals surface area (Å²) in [4.78, 5) is 24.5. The van der Waals surface area contributed by atoms with Gasteiger partial charge in [-0.3, -0.25) is 9.69 Å². The number of amides is 3. The molecule has 1 atom stereocenters. The lowest BCUT2D eigenvalue weighted by atomic mass is 10.0. The van der Waals surface area contributed by atoms with Crippen LogP contribution in [0.2, 0.25) is 0 Å². The highest BCUT2D eigenvalue weighted by atomic mass is 16.2. The average molecular weight is 213 g/mol. The van der Waals surface area contributed by atoms with Crippen LogP contribution in [0.25, 0.3) is 0 Å². The quantitative estimate of drug-likeness (QED) is 0.662. The molecule has 15 heavy (non-hydrogen) atoms. The molecule has 0 aliphatic carbocycles. The number of imide groups is 1. The molecule has 3 amide bonds. The number of carbonyl (C=O) groups is 2.